The fraction of sp³-hybridized carbons (Fsp3) is 0.368. The molecule has 0 fully saturated rings. The van der Waals surface area contributed by atoms with Gasteiger partial charge >= 0.3 is 0 Å². The van der Waals surface area contributed by atoms with Gasteiger partial charge < -0.3 is 5.32 Å². The number of carbonyl (C=O) groups is 1. The van der Waals surface area contributed by atoms with E-state index >= 15 is 0 Å². The molecule has 0 unspecified atom stereocenters. The molecule has 1 N–H and O–H groups in total. The van der Waals surface area contributed by atoms with Crippen LogP contribution >= 0.6 is 0 Å². The van der Waals surface area contributed by atoms with Gasteiger partial charge in [0, 0.05) is 43.4 Å². The number of fused-ring (bicyclic) bond motifs is 1. The summed E-state index contributed by atoms with van der Waals surface area (Å²) >= 11 is 0. The molecule has 7 nitrogen and oxygen atoms in total. The molecule has 7 heteroatoms. The molecule has 3 aromatic rings. The predicted molar refractivity (Wildman–Crippen MR) is 98.7 cm³/mol. The molecular weight excluding hydrogens is 328 g/mol. The van der Waals surface area contributed by atoms with Crippen molar-refractivity contribution in [1.29, 1.82) is 0 Å². The van der Waals surface area contributed by atoms with Crippen LogP contribution in [0.2, 0.25) is 0 Å². The van der Waals surface area contributed by atoms with Crippen LogP contribution in [-0.2, 0) is 18.4 Å². The zero-order valence-corrected chi connectivity index (χ0v) is 15.2. The molecule has 1 atom stereocenters. The van der Waals surface area contributed by atoms with Crippen molar-refractivity contribution >= 4 is 11.7 Å². The molecular formula is C19H22N6O. The lowest BCUT2D eigenvalue weighted by molar-refractivity contribution is -0.116. The van der Waals surface area contributed by atoms with Crippen molar-refractivity contribution in [1.82, 2.24) is 24.5 Å². The number of rotatable bonds is 4. The normalized spacial score (nSPS) is 16.4. The van der Waals surface area contributed by atoms with Crippen LogP contribution in [0.4, 0.5) is 5.82 Å². The lowest BCUT2D eigenvalue weighted by atomic mass is 9.88. The summed E-state index contributed by atoms with van der Waals surface area (Å²) < 4.78 is 3.76. The standard InChI is InChI=1S/C19H22N6O/c1-12-10-13(2)25(22-12)9-7-14-11-16(26)21-19-17(14)18(23-24(19)3)15-6-4-5-8-20-15/h4-6,8,10,14H,7,9,11H2,1-3H3,(H,21,26)/t14-/m1/s1. The maximum Gasteiger partial charge on any atom is 0.226 e. The van der Waals surface area contributed by atoms with Gasteiger partial charge in [0.15, 0.2) is 0 Å². The summed E-state index contributed by atoms with van der Waals surface area (Å²) in [7, 11) is 1.86. The summed E-state index contributed by atoms with van der Waals surface area (Å²) in [5.74, 6) is 0.903. The Hall–Kier alpha value is -2.96. The average molecular weight is 350 g/mol. The number of aromatic nitrogens is 5. The molecule has 0 bridgehead atoms. The first-order valence-electron chi connectivity index (χ1n) is 8.82. The van der Waals surface area contributed by atoms with Crippen molar-refractivity contribution in [3.8, 4) is 11.4 Å². The Morgan fingerprint density at radius 1 is 1.27 bits per heavy atom. The Kier molecular flexibility index (Phi) is 4.06. The number of hydrogen-bond acceptors (Lipinski definition) is 4. The summed E-state index contributed by atoms with van der Waals surface area (Å²) in [4.78, 5) is 16.7. The largest absolute Gasteiger partial charge is 0.311 e. The summed E-state index contributed by atoms with van der Waals surface area (Å²) in [6, 6.07) is 7.87. The van der Waals surface area contributed by atoms with E-state index in [4.69, 9.17) is 0 Å². The molecule has 134 valence electrons. The van der Waals surface area contributed by atoms with E-state index in [2.05, 4.69) is 33.5 Å². The number of pyridine rings is 1. The van der Waals surface area contributed by atoms with Gasteiger partial charge in [-0.3, -0.25) is 19.1 Å². The van der Waals surface area contributed by atoms with E-state index in [1.54, 1.807) is 10.9 Å². The van der Waals surface area contributed by atoms with Crippen LogP contribution < -0.4 is 5.32 Å². The van der Waals surface area contributed by atoms with Crippen LogP contribution in [0.15, 0.2) is 30.5 Å². The van der Waals surface area contributed by atoms with Crippen LogP contribution in [0.25, 0.3) is 11.4 Å². The number of carbonyl (C=O) groups excluding carboxylic acids is 1. The molecule has 0 aliphatic carbocycles. The fourth-order valence-corrected chi connectivity index (χ4v) is 3.70. The van der Waals surface area contributed by atoms with Crippen molar-refractivity contribution < 1.29 is 4.79 Å². The van der Waals surface area contributed by atoms with Gasteiger partial charge in [-0.25, -0.2) is 0 Å². The van der Waals surface area contributed by atoms with Gasteiger partial charge in [-0.05, 0) is 38.5 Å². The van der Waals surface area contributed by atoms with Crippen molar-refractivity contribution in [2.45, 2.75) is 39.2 Å². The van der Waals surface area contributed by atoms with Gasteiger partial charge in [0.25, 0.3) is 0 Å². The van der Waals surface area contributed by atoms with Crippen molar-refractivity contribution in [3.05, 3.63) is 47.4 Å². The van der Waals surface area contributed by atoms with E-state index in [9.17, 15) is 4.79 Å². The third-order valence-electron chi connectivity index (χ3n) is 4.88. The highest BCUT2D eigenvalue weighted by molar-refractivity contribution is 5.95. The number of nitrogens with zero attached hydrogens (tertiary/aromatic N) is 5. The van der Waals surface area contributed by atoms with Gasteiger partial charge in [0.05, 0.1) is 11.4 Å². The van der Waals surface area contributed by atoms with Crippen molar-refractivity contribution in [2.75, 3.05) is 5.32 Å². The minimum absolute atomic E-state index is 0.0337. The Balaban J connectivity index is 1.70. The molecule has 1 aliphatic rings. The van der Waals surface area contributed by atoms with Gasteiger partial charge in [0.2, 0.25) is 5.91 Å². The number of anilines is 1. The maximum absolute atomic E-state index is 12.2. The van der Waals surface area contributed by atoms with E-state index in [1.807, 2.05) is 36.9 Å². The number of amides is 1. The fourth-order valence-electron chi connectivity index (χ4n) is 3.70. The summed E-state index contributed by atoms with van der Waals surface area (Å²) in [6.45, 7) is 4.83. The molecule has 4 heterocycles. The van der Waals surface area contributed by atoms with Crippen LogP contribution in [-0.4, -0.2) is 30.5 Å². The van der Waals surface area contributed by atoms with E-state index in [0.717, 1.165) is 47.1 Å². The summed E-state index contributed by atoms with van der Waals surface area (Å²) in [5.41, 5.74) is 4.91. The third kappa shape index (κ3) is 2.89. The number of hydrogen-bond donors (Lipinski definition) is 1. The number of aryl methyl sites for hydroxylation is 4. The van der Waals surface area contributed by atoms with Crippen molar-refractivity contribution in [3.63, 3.8) is 0 Å². The van der Waals surface area contributed by atoms with Gasteiger partial charge in [-0.1, -0.05) is 6.07 Å². The molecule has 0 spiro atoms. The number of nitrogens with one attached hydrogen (secondary N) is 1. The van der Waals surface area contributed by atoms with Gasteiger partial charge in [-0.2, -0.15) is 10.2 Å². The van der Waals surface area contributed by atoms with Crippen molar-refractivity contribution in [2.24, 2.45) is 7.05 Å². The Morgan fingerprint density at radius 3 is 2.81 bits per heavy atom. The van der Waals surface area contributed by atoms with Crippen LogP contribution in [0.1, 0.15) is 35.7 Å². The molecule has 0 saturated carbocycles. The third-order valence-corrected chi connectivity index (χ3v) is 4.88. The first kappa shape index (κ1) is 16.5. The Morgan fingerprint density at radius 2 is 2.12 bits per heavy atom. The summed E-state index contributed by atoms with van der Waals surface area (Å²) in [5, 5.41) is 12.2. The lowest BCUT2D eigenvalue weighted by Gasteiger charge is -2.24. The second-order valence-corrected chi connectivity index (χ2v) is 6.84. The predicted octanol–water partition coefficient (Wildman–Crippen LogP) is 2.81. The minimum atomic E-state index is 0.0337. The molecule has 0 radical (unpaired) electrons. The van der Waals surface area contributed by atoms with Gasteiger partial charge in [-0.15, -0.1) is 0 Å². The van der Waals surface area contributed by atoms with E-state index in [1.165, 1.54) is 0 Å². The smallest absolute Gasteiger partial charge is 0.226 e. The van der Waals surface area contributed by atoms with Gasteiger partial charge in [0.1, 0.15) is 11.5 Å². The summed E-state index contributed by atoms with van der Waals surface area (Å²) in [6.07, 6.45) is 3.05. The lowest BCUT2D eigenvalue weighted by Crippen LogP contribution is -2.25. The highest BCUT2D eigenvalue weighted by Gasteiger charge is 2.32. The molecule has 3 aromatic heterocycles. The topological polar surface area (TPSA) is 77.6 Å². The molecule has 1 aliphatic heterocycles. The van der Waals surface area contributed by atoms with E-state index < -0.39 is 0 Å². The zero-order valence-electron chi connectivity index (χ0n) is 15.2. The first-order valence-corrected chi connectivity index (χ1v) is 8.82. The minimum Gasteiger partial charge on any atom is -0.311 e. The van der Waals surface area contributed by atoms with Crippen LogP contribution in [0.3, 0.4) is 0 Å². The van der Waals surface area contributed by atoms with Crippen LogP contribution in [0, 0.1) is 13.8 Å². The van der Waals surface area contributed by atoms with Crippen LogP contribution in [0.5, 0.6) is 0 Å². The Bertz CT molecular complexity index is 956. The maximum atomic E-state index is 12.2. The van der Waals surface area contributed by atoms with E-state index in [0.29, 0.717) is 6.42 Å². The molecule has 26 heavy (non-hydrogen) atoms. The zero-order chi connectivity index (χ0) is 18.3. The highest BCUT2D eigenvalue weighted by atomic mass is 16.1. The monoisotopic (exact) mass is 350 g/mol. The molecule has 1 amide bonds. The first-order chi connectivity index (χ1) is 12.5. The Labute approximate surface area is 152 Å². The molecule has 0 saturated heterocycles. The average Bonchev–Trinajstić information content (AvgIpc) is 3.12. The molecule has 0 aromatic carbocycles. The highest BCUT2D eigenvalue weighted by Crippen LogP contribution is 2.40. The quantitative estimate of drug-likeness (QED) is 0.785. The second kappa shape index (κ2) is 6.40. The van der Waals surface area contributed by atoms with E-state index in [-0.39, 0.29) is 11.8 Å². The SMILES string of the molecule is Cc1cc(C)n(CC[C@@H]2CC(=O)Nc3c2c(-c2ccccn2)nn3C)n1. The second-order valence-electron chi connectivity index (χ2n) is 6.84. The molecule has 4 rings (SSSR count).